The molecule has 0 radical (unpaired) electrons. The Morgan fingerprint density at radius 3 is 1.63 bits per heavy atom. The van der Waals surface area contributed by atoms with Crippen LogP contribution in [-0.2, 0) is 33.3 Å². The van der Waals surface area contributed by atoms with Gasteiger partial charge in [0.15, 0.2) is 11.8 Å². The number of hydrogen-bond donors (Lipinski definition) is 5. The summed E-state index contributed by atoms with van der Waals surface area (Å²) in [5.74, 6) is -3.05. The number of rotatable bonds is 10. The van der Waals surface area contributed by atoms with Gasteiger partial charge in [0.1, 0.15) is 40.8 Å². The zero-order chi connectivity index (χ0) is 40.1. The molecule has 0 bridgehead atoms. The first-order valence-corrected chi connectivity index (χ1v) is 17.2. The smallest absolute Gasteiger partial charge is 0.415 e. The fourth-order valence-electron chi connectivity index (χ4n) is 4.98. The van der Waals surface area contributed by atoms with Crippen LogP contribution in [0.5, 0.6) is 0 Å². The molecule has 0 aliphatic carbocycles. The second-order valence-electron chi connectivity index (χ2n) is 16.2. The average molecular weight is 740 g/mol. The van der Waals surface area contributed by atoms with E-state index in [9.17, 15) is 28.8 Å². The summed E-state index contributed by atoms with van der Waals surface area (Å²) in [6.45, 7) is 22.8. The molecule has 0 aromatic carbocycles. The lowest BCUT2D eigenvalue weighted by Gasteiger charge is -2.42. The van der Waals surface area contributed by atoms with Gasteiger partial charge in [0.2, 0.25) is 5.95 Å². The molecule has 18 nitrogen and oxygen atoms in total. The maximum Gasteiger partial charge on any atom is 0.415 e. The number of amides is 3. The second-order valence-corrected chi connectivity index (χ2v) is 16.2. The normalized spacial score (nSPS) is 17.1. The number of anilines is 3. The topological polar surface area (TPSA) is 243 Å². The number of alkyl carbamates (subject to hydrolysis) is 2. The van der Waals surface area contributed by atoms with E-state index in [0.29, 0.717) is 0 Å². The monoisotopic (exact) mass is 739 g/mol. The van der Waals surface area contributed by atoms with Crippen LogP contribution in [0.3, 0.4) is 0 Å². The van der Waals surface area contributed by atoms with Gasteiger partial charge in [-0.3, -0.25) is 9.69 Å². The van der Waals surface area contributed by atoms with Gasteiger partial charge >= 0.3 is 35.8 Å². The molecule has 0 spiro atoms. The van der Waals surface area contributed by atoms with Crippen molar-refractivity contribution in [3.8, 4) is 0 Å². The predicted molar refractivity (Wildman–Crippen MR) is 192 cm³/mol. The molecule has 2 rings (SSSR count). The first-order valence-electron chi connectivity index (χ1n) is 17.2. The van der Waals surface area contributed by atoms with Gasteiger partial charge < -0.3 is 50.4 Å². The van der Waals surface area contributed by atoms with Crippen molar-refractivity contribution in [2.75, 3.05) is 22.5 Å². The fraction of sp³-hybridized carbons (Fsp3) is 0.735. The zero-order valence-electron chi connectivity index (χ0n) is 32.7. The van der Waals surface area contributed by atoms with E-state index in [1.807, 2.05) is 0 Å². The van der Waals surface area contributed by atoms with Crippen molar-refractivity contribution in [2.45, 2.75) is 144 Å². The summed E-state index contributed by atoms with van der Waals surface area (Å²) in [6, 6.07) is -3.74. The summed E-state index contributed by atoms with van der Waals surface area (Å²) in [5, 5.41) is 8.03. The first kappa shape index (κ1) is 43.4. The van der Waals surface area contributed by atoms with Gasteiger partial charge in [-0.15, -0.1) is 0 Å². The molecule has 52 heavy (non-hydrogen) atoms. The molecule has 1 aromatic heterocycles. The van der Waals surface area contributed by atoms with E-state index >= 15 is 0 Å². The minimum atomic E-state index is -1.52. The highest BCUT2D eigenvalue weighted by molar-refractivity contribution is 5.93. The molecule has 3 amide bonds. The van der Waals surface area contributed by atoms with Crippen molar-refractivity contribution >= 4 is 47.7 Å². The number of nitrogen functional groups attached to an aromatic ring is 1. The average Bonchev–Trinajstić information content (AvgIpc) is 2.93. The molecule has 5 atom stereocenters. The Balaban J connectivity index is 2.66. The van der Waals surface area contributed by atoms with Gasteiger partial charge in [-0.05, 0) is 81.1 Å². The maximum atomic E-state index is 14.0. The van der Waals surface area contributed by atoms with Crippen LogP contribution >= 0.6 is 0 Å². The number of nitrogens with zero attached hydrogens (tertiary/aromatic N) is 2. The molecule has 1 aliphatic heterocycles. The summed E-state index contributed by atoms with van der Waals surface area (Å²) in [5.41, 5.74) is 1.81. The lowest BCUT2D eigenvalue weighted by Crippen LogP contribution is -2.61. The summed E-state index contributed by atoms with van der Waals surface area (Å²) < 4.78 is 28.2. The Morgan fingerprint density at radius 1 is 0.769 bits per heavy atom. The number of nitrogens with one attached hydrogen (secondary N) is 4. The van der Waals surface area contributed by atoms with Gasteiger partial charge in [-0.1, -0.05) is 27.7 Å². The number of aromatic nitrogens is 2. The summed E-state index contributed by atoms with van der Waals surface area (Å²) in [6.07, 6.45) is -5.60. The molecule has 6 N–H and O–H groups in total. The van der Waals surface area contributed by atoms with Crippen LogP contribution in [0.2, 0.25) is 0 Å². The highest BCUT2D eigenvalue weighted by Crippen LogP contribution is 2.32. The van der Waals surface area contributed by atoms with Crippen molar-refractivity contribution < 1.29 is 47.7 Å². The number of carbonyl (C=O) groups excluding carboxylic acids is 5. The number of nitrogens with two attached hydrogens (primary N) is 1. The van der Waals surface area contributed by atoms with Crippen molar-refractivity contribution in [2.24, 2.45) is 11.8 Å². The third-order valence-electron chi connectivity index (χ3n) is 7.15. The molecule has 2 heterocycles. The third kappa shape index (κ3) is 12.8. The van der Waals surface area contributed by atoms with Crippen LogP contribution in [-0.4, -0.2) is 93.9 Å². The van der Waals surface area contributed by atoms with E-state index in [2.05, 4.69) is 25.9 Å². The highest BCUT2D eigenvalue weighted by atomic mass is 16.6. The lowest BCUT2D eigenvalue weighted by atomic mass is 10.00. The Bertz CT molecular complexity index is 1520. The molecule has 294 valence electrons. The van der Waals surface area contributed by atoms with Crippen LogP contribution in [0.15, 0.2) is 4.79 Å². The standard InChI is InChI=1S/C34H57N7O11/c1-16(2)20(37-29(45)50-32(6,7)8)26(43)48-18(5)23(49-27(44)21(17(3)4)38-30(46)51-33(9,10)11)19-15-36-24-22(25(42)40-28(35)39-24)41(19)31(47)52-34(12,13)14/h16-21,23H,15H2,1-14H3,(H,37,45)(H,38,46)(H4,35,36,39,40,42). The molecule has 0 fully saturated rings. The highest BCUT2D eigenvalue weighted by Gasteiger charge is 2.47. The number of esters is 2. The number of aromatic amines is 1. The quantitative estimate of drug-likeness (QED) is 0.169. The molecule has 1 aromatic rings. The van der Waals surface area contributed by atoms with Gasteiger partial charge in [-0.2, -0.15) is 4.98 Å². The van der Waals surface area contributed by atoms with Crippen molar-refractivity contribution in [3.63, 3.8) is 0 Å². The van der Waals surface area contributed by atoms with E-state index < -0.39 is 94.8 Å². The predicted octanol–water partition coefficient (Wildman–Crippen LogP) is 3.83. The van der Waals surface area contributed by atoms with E-state index in [-0.39, 0.29) is 24.0 Å². The third-order valence-corrected chi connectivity index (χ3v) is 7.15. The van der Waals surface area contributed by atoms with Gasteiger partial charge in [0.25, 0.3) is 0 Å². The van der Waals surface area contributed by atoms with Gasteiger partial charge in [0.05, 0.1) is 6.04 Å². The van der Waals surface area contributed by atoms with Crippen molar-refractivity contribution in [3.05, 3.63) is 10.4 Å². The molecule has 0 saturated carbocycles. The van der Waals surface area contributed by atoms with Crippen LogP contribution in [0.1, 0.15) is 96.9 Å². The Kier molecular flexibility index (Phi) is 13.9. The summed E-state index contributed by atoms with van der Waals surface area (Å²) >= 11 is 0. The van der Waals surface area contributed by atoms with Crippen LogP contribution in [0.4, 0.5) is 31.8 Å². The summed E-state index contributed by atoms with van der Waals surface area (Å²) in [4.78, 5) is 87.6. The van der Waals surface area contributed by atoms with Crippen molar-refractivity contribution in [1.29, 1.82) is 0 Å². The molecule has 5 unspecified atom stereocenters. The van der Waals surface area contributed by atoms with Crippen LogP contribution in [0.25, 0.3) is 0 Å². The minimum absolute atomic E-state index is 0.0439. The van der Waals surface area contributed by atoms with Crippen LogP contribution in [0, 0.1) is 11.8 Å². The van der Waals surface area contributed by atoms with Gasteiger partial charge in [0, 0.05) is 6.54 Å². The maximum absolute atomic E-state index is 14.0. The molecule has 1 aliphatic rings. The number of ether oxygens (including phenoxy) is 5. The van der Waals surface area contributed by atoms with Gasteiger partial charge in [-0.25, -0.2) is 24.0 Å². The second kappa shape index (κ2) is 16.7. The number of hydrogen-bond acceptors (Lipinski definition) is 14. The van der Waals surface area contributed by atoms with E-state index in [4.69, 9.17) is 29.4 Å². The molecule has 18 heteroatoms. The van der Waals surface area contributed by atoms with Crippen LogP contribution < -0.4 is 32.1 Å². The lowest BCUT2D eigenvalue weighted by molar-refractivity contribution is -0.172. The Labute approximate surface area is 304 Å². The van der Waals surface area contributed by atoms with E-state index in [1.54, 1.807) is 90.0 Å². The van der Waals surface area contributed by atoms with Crippen molar-refractivity contribution in [1.82, 2.24) is 20.6 Å². The minimum Gasteiger partial charge on any atom is -0.457 e. The fourth-order valence-corrected chi connectivity index (χ4v) is 4.98. The number of H-pyrrole nitrogens is 1. The molecular formula is C34H57N7O11. The SMILES string of the molecule is CC(C)C(NC(=O)OC(C)(C)C)C(=O)OC(C)C(OC(=O)C(NC(=O)OC(C)(C)C)C(C)C)C1CNc2[nH]c(N)nc(=O)c2N1C(=O)OC(C)(C)C. The van der Waals surface area contributed by atoms with E-state index in [1.165, 1.54) is 6.92 Å². The Morgan fingerprint density at radius 2 is 1.21 bits per heavy atom. The largest absolute Gasteiger partial charge is 0.457 e. The summed E-state index contributed by atoms with van der Waals surface area (Å²) in [7, 11) is 0. The Hall–Kier alpha value is -4.77. The zero-order valence-corrected chi connectivity index (χ0v) is 32.7. The number of carbonyl (C=O) groups is 5. The molecule has 0 saturated heterocycles. The number of fused-ring (bicyclic) bond motifs is 1. The molecular weight excluding hydrogens is 682 g/mol. The van der Waals surface area contributed by atoms with E-state index in [0.717, 1.165) is 4.90 Å². The first-order chi connectivity index (χ1) is 23.6.